The first kappa shape index (κ1) is 12.1. The van der Waals surface area contributed by atoms with Crippen molar-refractivity contribution in [3.8, 4) is 0 Å². The minimum atomic E-state index is 0.575. The molecule has 106 valence electrons. The fourth-order valence-electron chi connectivity index (χ4n) is 3.28. The molecule has 0 spiro atoms. The summed E-state index contributed by atoms with van der Waals surface area (Å²) in [5.74, 6) is 0.846. The van der Waals surface area contributed by atoms with Gasteiger partial charge in [0.1, 0.15) is 5.52 Å². The molecule has 6 nitrogen and oxygen atoms in total. The van der Waals surface area contributed by atoms with Crippen molar-refractivity contribution in [1.29, 1.82) is 0 Å². The number of hydrogen-bond acceptors (Lipinski definition) is 5. The molecule has 1 aliphatic heterocycles. The SMILES string of the molecule is c1nc(N2CCNCC2)nc2c1ncn2C1CCCC1. The number of piperazine rings is 1. The van der Waals surface area contributed by atoms with Crippen molar-refractivity contribution >= 4 is 17.1 Å². The van der Waals surface area contributed by atoms with Gasteiger partial charge in [-0.15, -0.1) is 0 Å². The van der Waals surface area contributed by atoms with E-state index in [9.17, 15) is 0 Å². The Morgan fingerprint density at radius 1 is 1.10 bits per heavy atom. The first-order valence-corrected chi connectivity index (χ1v) is 7.57. The van der Waals surface area contributed by atoms with Crippen LogP contribution in [0.4, 0.5) is 5.95 Å². The number of imidazole rings is 1. The summed E-state index contributed by atoms with van der Waals surface area (Å²) < 4.78 is 2.26. The summed E-state index contributed by atoms with van der Waals surface area (Å²) in [6.07, 6.45) is 8.94. The molecular weight excluding hydrogens is 252 g/mol. The van der Waals surface area contributed by atoms with Gasteiger partial charge in [0, 0.05) is 32.2 Å². The molecule has 0 amide bonds. The fourth-order valence-corrected chi connectivity index (χ4v) is 3.28. The Morgan fingerprint density at radius 2 is 1.90 bits per heavy atom. The van der Waals surface area contributed by atoms with Gasteiger partial charge < -0.3 is 14.8 Å². The van der Waals surface area contributed by atoms with Gasteiger partial charge >= 0.3 is 0 Å². The van der Waals surface area contributed by atoms with Crippen LogP contribution in [0.1, 0.15) is 31.7 Å². The van der Waals surface area contributed by atoms with E-state index in [1.54, 1.807) is 0 Å². The van der Waals surface area contributed by atoms with Crippen molar-refractivity contribution in [2.45, 2.75) is 31.7 Å². The molecule has 2 aliphatic rings. The van der Waals surface area contributed by atoms with E-state index >= 15 is 0 Å². The Hall–Kier alpha value is -1.69. The number of anilines is 1. The van der Waals surface area contributed by atoms with Crippen molar-refractivity contribution in [2.75, 3.05) is 31.1 Å². The summed E-state index contributed by atoms with van der Waals surface area (Å²) in [5, 5.41) is 3.36. The van der Waals surface area contributed by atoms with Gasteiger partial charge in [0.05, 0.1) is 12.5 Å². The molecule has 2 aromatic rings. The molecule has 20 heavy (non-hydrogen) atoms. The lowest BCUT2D eigenvalue weighted by molar-refractivity contribution is 0.528. The Bertz CT molecular complexity index is 595. The smallest absolute Gasteiger partial charge is 0.227 e. The molecule has 1 saturated heterocycles. The van der Waals surface area contributed by atoms with Crippen LogP contribution in [-0.2, 0) is 0 Å². The minimum Gasteiger partial charge on any atom is -0.338 e. The highest BCUT2D eigenvalue weighted by Gasteiger charge is 2.21. The zero-order valence-electron chi connectivity index (χ0n) is 11.6. The molecule has 2 aromatic heterocycles. The van der Waals surface area contributed by atoms with Crippen LogP contribution in [0, 0.1) is 0 Å². The zero-order valence-corrected chi connectivity index (χ0v) is 11.6. The van der Waals surface area contributed by atoms with Crippen LogP contribution in [0.5, 0.6) is 0 Å². The lowest BCUT2D eigenvalue weighted by Gasteiger charge is -2.27. The highest BCUT2D eigenvalue weighted by atomic mass is 15.3. The Kier molecular flexibility index (Phi) is 3.03. The molecule has 4 rings (SSSR count). The normalized spacial score (nSPS) is 20.9. The van der Waals surface area contributed by atoms with Gasteiger partial charge in [0.25, 0.3) is 0 Å². The third-order valence-electron chi connectivity index (χ3n) is 4.42. The maximum Gasteiger partial charge on any atom is 0.227 e. The lowest BCUT2D eigenvalue weighted by atomic mass is 10.2. The molecule has 6 heteroatoms. The predicted molar refractivity (Wildman–Crippen MR) is 77.9 cm³/mol. The number of rotatable bonds is 2. The number of hydrogen-bond donors (Lipinski definition) is 1. The van der Waals surface area contributed by atoms with Crippen molar-refractivity contribution in [3.05, 3.63) is 12.5 Å². The van der Waals surface area contributed by atoms with Crippen LogP contribution in [0.15, 0.2) is 12.5 Å². The molecule has 1 N–H and O–H groups in total. The molecule has 0 bridgehead atoms. The monoisotopic (exact) mass is 272 g/mol. The maximum absolute atomic E-state index is 4.79. The molecule has 1 saturated carbocycles. The second-order valence-electron chi connectivity index (χ2n) is 5.71. The highest BCUT2D eigenvalue weighted by Crippen LogP contribution is 2.31. The topological polar surface area (TPSA) is 58.9 Å². The van der Waals surface area contributed by atoms with Gasteiger partial charge in [0.15, 0.2) is 5.65 Å². The average Bonchev–Trinajstić information content (AvgIpc) is 3.16. The minimum absolute atomic E-state index is 0.575. The molecule has 3 heterocycles. The average molecular weight is 272 g/mol. The van der Waals surface area contributed by atoms with Crippen LogP contribution in [-0.4, -0.2) is 45.7 Å². The number of nitrogens with one attached hydrogen (secondary N) is 1. The van der Waals surface area contributed by atoms with E-state index in [2.05, 4.69) is 24.8 Å². The third-order valence-corrected chi connectivity index (χ3v) is 4.42. The standard InChI is InChI=1S/C14H20N6/c1-2-4-11(3-1)20-10-17-12-9-16-14(18-13(12)20)19-7-5-15-6-8-19/h9-11,15H,1-8H2. The van der Waals surface area contributed by atoms with E-state index in [4.69, 9.17) is 4.98 Å². The quantitative estimate of drug-likeness (QED) is 0.894. The third kappa shape index (κ3) is 2.04. The summed E-state index contributed by atoms with van der Waals surface area (Å²) in [6.45, 7) is 3.96. The van der Waals surface area contributed by atoms with Crippen molar-refractivity contribution in [1.82, 2.24) is 24.8 Å². The molecule has 0 aromatic carbocycles. The lowest BCUT2D eigenvalue weighted by Crippen LogP contribution is -2.44. The second kappa shape index (κ2) is 5.01. The summed E-state index contributed by atoms with van der Waals surface area (Å²) in [4.78, 5) is 16.0. The molecule has 0 unspecified atom stereocenters. The van der Waals surface area contributed by atoms with E-state index in [0.717, 1.165) is 43.3 Å². The van der Waals surface area contributed by atoms with Gasteiger partial charge in [-0.2, -0.15) is 4.98 Å². The summed E-state index contributed by atoms with van der Waals surface area (Å²) in [6, 6.07) is 0.575. The Balaban J connectivity index is 1.71. The number of fused-ring (bicyclic) bond motifs is 1. The molecule has 1 aliphatic carbocycles. The van der Waals surface area contributed by atoms with Crippen LogP contribution in [0.25, 0.3) is 11.2 Å². The maximum atomic E-state index is 4.79. The van der Waals surface area contributed by atoms with Crippen LogP contribution in [0.2, 0.25) is 0 Å². The Morgan fingerprint density at radius 3 is 2.70 bits per heavy atom. The second-order valence-corrected chi connectivity index (χ2v) is 5.71. The zero-order chi connectivity index (χ0) is 13.4. The van der Waals surface area contributed by atoms with Crippen molar-refractivity contribution in [2.24, 2.45) is 0 Å². The van der Waals surface area contributed by atoms with Crippen LogP contribution >= 0.6 is 0 Å². The predicted octanol–water partition coefficient (Wildman–Crippen LogP) is 1.35. The van der Waals surface area contributed by atoms with E-state index < -0.39 is 0 Å². The number of nitrogens with zero attached hydrogens (tertiary/aromatic N) is 5. The Labute approximate surface area is 118 Å². The van der Waals surface area contributed by atoms with E-state index in [1.807, 2.05) is 12.5 Å². The first-order valence-electron chi connectivity index (χ1n) is 7.57. The summed E-state index contributed by atoms with van der Waals surface area (Å²) in [7, 11) is 0. The van der Waals surface area contributed by atoms with E-state index in [1.165, 1.54) is 25.7 Å². The molecular formula is C14H20N6. The van der Waals surface area contributed by atoms with Gasteiger partial charge in [-0.3, -0.25) is 0 Å². The summed E-state index contributed by atoms with van der Waals surface area (Å²) >= 11 is 0. The molecule has 0 atom stereocenters. The van der Waals surface area contributed by atoms with E-state index in [0.29, 0.717) is 6.04 Å². The van der Waals surface area contributed by atoms with Crippen LogP contribution < -0.4 is 10.2 Å². The number of aromatic nitrogens is 4. The molecule has 2 fully saturated rings. The van der Waals surface area contributed by atoms with Gasteiger partial charge in [0.2, 0.25) is 5.95 Å². The van der Waals surface area contributed by atoms with Gasteiger partial charge in [-0.05, 0) is 12.8 Å². The fraction of sp³-hybridized carbons (Fsp3) is 0.643. The first-order chi connectivity index (χ1) is 9.92. The molecule has 0 radical (unpaired) electrons. The van der Waals surface area contributed by atoms with Gasteiger partial charge in [-0.1, -0.05) is 12.8 Å². The largest absolute Gasteiger partial charge is 0.338 e. The van der Waals surface area contributed by atoms with Crippen molar-refractivity contribution < 1.29 is 0 Å². The van der Waals surface area contributed by atoms with Crippen LogP contribution in [0.3, 0.4) is 0 Å². The van der Waals surface area contributed by atoms with E-state index in [-0.39, 0.29) is 0 Å². The van der Waals surface area contributed by atoms with Crippen molar-refractivity contribution in [3.63, 3.8) is 0 Å². The summed E-state index contributed by atoms with van der Waals surface area (Å²) in [5.41, 5.74) is 1.91. The highest BCUT2D eigenvalue weighted by molar-refractivity contribution is 5.71. The van der Waals surface area contributed by atoms with Gasteiger partial charge in [-0.25, -0.2) is 9.97 Å².